The molecule has 18 heavy (non-hydrogen) atoms. The zero-order chi connectivity index (χ0) is 13.0. The van der Waals surface area contributed by atoms with Gasteiger partial charge in [-0.3, -0.25) is 4.79 Å². The maximum absolute atomic E-state index is 11.0. The Labute approximate surface area is 107 Å². The summed E-state index contributed by atoms with van der Waals surface area (Å²) >= 11 is 0. The standard InChI is InChI=1S/C13H19N3O2/c1-2-10-7-12(15-9-14-10)16(8-13(17)18)11-5-3-4-6-11/h7,9,11H,2-6,8H2,1H3,(H,17,18). The van der Waals surface area contributed by atoms with E-state index in [9.17, 15) is 4.79 Å². The molecule has 5 heteroatoms. The number of nitrogens with zero attached hydrogens (tertiary/aromatic N) is 3. The van der Waals surface area contributed by atoms with Crippen LogP contribution in [-0.2, 0) is 11.2 Å². The van der Waals surface area contributed by atoms with Gasteiger partial charge < -0.3 is 10.0 Å². The first kappa shape index (κ1) is 12.8. The van der Waals surface area contributed by atoms with Gasteiger partial charge in [-0.2, -0.15) is 0 Å². The summed E-state index contributed by atoms with van der Waals surface area (Å²) < 4.78 is 0. The molecule has 0 saturated heterocycles. The molecule has 1 aromatic heterocycles. The minimum Gasteiger partial charge on any atom is -0.480 e. The molecule has 1 aliphatic rings. The number of hydrogen-bond acceptors (Lipinski definition) is 4. The number of hydrogen-bond donors (Lipinski definition) is 1. The molecule has 5 nitrogen and oxygen atoms in total. The Balaban J connectivity index is 2.23. The van der Waals surface area contributed by atoms with E-state index in [2.05, 4.69) is 9.97 Å². The Morgan fingerprint density at radius 1 is 1.44 bits per heavy atom. The van der Waals surface area contributed by atoms with Crippen LogP contribution in [0, 0.1) is 0 Å². The third-order valence-corrected chi connectivity index (χ3v) is 3.44. The molecule has 0 spiro atoms. The molecule has 1 heterocycles. The maximum atomic E-state index is 11.0. The van der Waals surface area contributed by atoms with E-state index in [1.54, 1.807) is 0 Å². The third kappa shape index (κ3) is 2.97. The molecule has 0 aromatic carbocycles. The van der Waals surface area contributed by atoms with Crippen LogP contribution in [0.5, 0.6) is 0 Å². The zero-order valence-corrected chi connectivity index (χ0v) is 10.7. The minimum atomic E-state index is -0.807. The van der Waals surface area contributed by atoms with Crippen LogP contribution in [0.1, 0.15) is 38.3 Å². The van der Waals surface area contributed by atoms with Crippen molar-refractivity contribution >= 4 is 11.8 Å². The van der Waals surface area contributed by atoms with Crippen molar-refractivity contribution in [3.05, 3.63) is 18.1 Å². The largest absolute Gasteiger partial charge is 0.480 e. The van der Waals surface area contributed by atoms with Crippen molar-refractivity contribution in [1.29, 1.82) is 0 Å². The molecule has 0 atom stereocenters. The van der Waals surface area contributed by atoms with Gasteiger partial charge in [-0.15, -0.1) is 0 Å². The van der Waals surface area contributed by atoms with Gasteiger partial charge in [-0.05, 0) is 19.3 Å². The molecule has 0 amide bonds. The number of aromatic nitrogens is 2. The number of carbonyl (C=O) groups is 1. The van der Waals surface area contributed by atoms with E-state index in [1.807, 2.05) is 17.9 Å². The molecule has 0 radical (unpaired) electrons. The van der Waals surface area contributed by atoms with Gasteiger partial charge in [0.15, 0.2) is 0 Å². The van der Waals surface area contributed by atoms with Crippen LogP contribution in [0.3, 0.4) is 0 Å². The first-order valence-corrected chi connectivity index (χ1v) is 6.50. The highest BCUT2D eigenvalue weighted by Gasteiger charge is 2.25. The highest BCUT2D eigenvalue weighted by molar-refractivity contribution is 5.73. The van der Waals surface area contributed by atoms with Crippen LogP contribution in [0.15, 0.2) is 12.4 Å². The lowest BCUT2D eigenvalue weighted by Gasteiger charge is -2.28. The van der Waals surface area contributed by atoms with Gasteiger partial charge in [-0.1, -0.05) is 19.8 Å². The van der Waals surface area contributed by atoms with Crippen molar-refractivity contribution in [2.75, 3.05) is 11.4 Å². The number of aliphatic carboxylic acids is 1. The Hall–Kier alpha value is -1.65. The van der Waals surface area contributed by atoms with Crippen molar-refractivity contribution in [2.45, 2.75) is 45.1 Å². The fourth-order valence-corrected chi connectivity index (χ4v) is 2.49. The van der Waals surface area contributed by atoms with E-state index in [0.717, 1.165) is 30.8 Å². The smallest absolute Gasteiger partial charge is 0.323 e. The first-order chi connectivity index (χ1) is 8.70. The summed E-state index contributed by atoms with van der Waals surface area (Å²) in [6, 6.07) is 2.21. The molecule has 2 rings (SSSR count). The Bertz CT molecular complexity index is 416. The lowest BCUT2D eigenvalue weighted by Crippen LogP contribution is -2.38. The third-order valence-electron chi connectivity index (χ3n) is 3.44. The van der Waals surface area contributed by atoms with Gasteiger partial charge in [0.2, 0.25) is 0 Å². The van der Waals surface area contributed by atoms with Crippen LogP contribution in [0.4, 0.5) is 5.82 Å². The van der Waals surface area contributed by atoms with Gasteiger partial charge >= 0.3 is 5.97 Å². The quantitative estimate of drug-likeness (QED) is 0.863. The van der Waals surface area contributed by atoms with Gasteiger partial charge in [0.25, 0.3) is 0 Å². The van der Waals surface area contributed by atoms with E-state index in [1.165, 1.54) is 19.2 Å². The predicted molar refractivity (Wildman–Crippen MR) is 68.6 cm³/mol. The second kappa shape index (κ2) is 5.80. The van der Waals surface area contributed by atoms with Crippen molar-refractivity contribution in [1.82, 2.24) is 9.97 Å². The van der Waals surface area contributed by atoms with Gasteiger partial charge in [0.1, 0.15) is 18.7 Å². The molecule has 1 N–H and O–H groups in total. The lowest BCUT2D eigenvalue weighted by molar-refractivity contribution is -0.135. The Morgan fingerprint density at radius 2 is 2.17 bits per heavy atom. The van der Waals surface area contributed by atoms with E-state index >= 15 is 0 Å². The molecule has 0 aliphatic heterocycles. The molecule has 1 aliphatic carbocycles. The summed E-state index contributed by atoms with van der Waals surface area (Å²) in [5, 5.41) is 9.05. The molecule has 0 bridgehead atoms. The minimum absolute atomic E-state index is 0.0187. The molecule has 98 valence electrons. The summed E-state index contributed by atoms with van der Waals surface area (Å²) in [7, 11) is 0. The van der Waals surface area contributed by atoms with Crippen molar-refractivity contribution < 1.29 is 9.90 Å². The number of carboxylic acid groups (broad SMARTS) is 1. The van der Waals surface area contributed by atoms with Gasteiger partial charge in [-0.25, -0.2) is 9.97 Å². The predicted octanol–water partition coefficient (Wildman–Crippen LogP) is 1.87. The highest BCUT2D eigenvalue weighted by atomic mass is 16.4. The fraction of sp³-hybridized carbons (Fsp3) is 0.615. The average Bonchev–Trinajstić information content (AvgIpc) is 2.89. The topological polar surface area (TPSA) is 66.3 Å². The maximum Gasteiger partial charge on any atom is 0.323 e. The van der Waals surface area contributed by atoms with E-state index in [4.69, 9.17) is 5.11 Å². The van der Waals surface area contributed by atoms with E-state index in [-0.39, 0.29) is 6.54 Å². The normalized spacial score (nSPS) is 15.8. The van der Waals surface area contributed by atoms with Crippen LogP contribution in [-0.4, -0.2) is 33.6 Å². The molecule has 0 unspecified atom stereocenters. The average molecular weight is 249 g/mol. The number of rotatable bonds is 5. The highest BCUT2D eigenvalue weighted by Crippen LogP contribution is 2.27. The Morgan fingerprint density at radius 3 is 2.78 bits per heavy atom. The lowest BCUT2D eigenvalue weighted by atomic mass is 10.2. The first-order valence-electron chi connectivity index (χ1n) is 6.50. The van der Waals surface area contributed by atoms with Crippen LogP contribution in [0.25, 0.3) is 0 Å². The fourth-order valence-electron chi connectivity index (χ4n) is 2.49. The number of anilines is 1. The Kier molecular flexibility index (Phi) is 4.12. The van der Waals surface area contributed by atoms with Crippen LogP contribution < -0.4 is 4.90 Å². The van der Waals surface area contributed by atoms with Crippen LogP contribution in [0.2, 0.25) is 0 Å². The number of aryl methyl sites for hydroxylation is 1. The van der Waals surface area contributed by atoms with E-state index < -0.39 is 5.97 Å². The SMILES string of the molecule is CCc1cc(N(CC(=O)O)C2CCCC2)ncn1. The van der Waals surface area contributed by atoms with Crippen molar-refractivity contribution in [3.8, 4) is 0 Å². The van der Waals surface area contributed by atoms with Gasteiger partial charge in [0.05, 0.1) is 0 Å². The summed E-state index contributed by atoms with van der Waals surface area (Å²) in [6.07, 6.45) is 6.82. The second-order valence-corrected chi connectivity index (χ2v) is 4.68. The number of carboxylic acids is 1. The zero-order valence-electron chi connectivity index (χ0n) is 10.7. The van der Waals surface area contributed by atoms with Crippen LogP contribution >= 0.6 is 0 Å². The van der Waals surface area contributed by atoms with E-state index in [0.29, 0.717) is 6.04 Å². The molecular weight excluding hydrogens is 230 g/mol. The molecule has 1 fully saturated rings. The molecular formula is C13H19N3O2. The molecule has 1 saturated carbocycles. The second-order valence-electron chi connectivity index (χ2n) is 4.68. The van der Waals surface area contributed by atoms with Crippen molar-refractivity contribution in [3.63, 3.8) is 0 Å². The molecule has 1 aromatic rings. The van der Waals surface area contributed by atoms with Crippen molar-refractivity contribution in [2.24, 2.45) is 0 Å². The monoisotopic (exact) mass is 249 g/mol. The summed E-state index contributed by atoms with van der Waals surface area (Å²) in [4.78, 5) is 21.3. The van der Waals surface area contributed by atoms with Gasteiger partial charge in [0, 0.05) is 17.8 Å². The summed E-state index contributed by atoms with van der Waals surface area (Å²) in [5.74, 6) is -0.0605. The summed E-state index contributed by atoms with van der Waals surface area (Å²) in [6.45, 7) is 2.05. The summed E-state index contributed by atoms with van der Waals surface area (Å²) in [5.41, 5.74) is 0.952.